The van der Waals surface area contributed by atoms with Crippen molar-refractivity contribution in [3.63, 3.8) is 0 Å². The summed E-state index contributed by atoms with van der Waals surface area (Å²) in [5, 5.41) is 14.1. The molecule has 1 aromatic carbocycles. The van der Waals surface area contributed by atoms with E-state index in [0.717, 1.165) is 30.9 Å². The van der Waals surface area contributed by atoms with Gasteiger partial charge in [0, 0.05) is 17.1 Å². The lowest BCUT2D eigenvalue weighted by molar-refractivity contribution is 0.373. The van der Waals surface area contributed by atoms with E-state index in [0.29, 0.717) is 5.75 Å². The summed E-state index contributed by atoms with van der Waals surface area (Å²) in [6, 6.07) is 5.53. The number of nitrogens with one attached hydrogen (secondary N) is 2. The third-order valence-corrected chi connectivity index (χ3v) is 3.72. The maximum absolute atomic E-state index is 9.56. The normalized spacial score (nSPS) is 17.6. The summed E-state index contributed by atoms with van der Waals surface area (Å²) < 4.78 is 0. The van der Waals surface area contributed by atoms with E-state index in [2.05, 4.69) is 16.5 Å². The quantitative estimate of drug-likeness (QED) is 0.742. The summed E-state index contributed by atoms with van der Waals surface area (Å²) in [6.45, 7) is 2.27. The van der Waals surface area contributed by atoms with Crippen LogP contribution in [0, 0.1) is 5.92 Å². The Morgan fingerprint density at radius 1 is 1.24 bits per heavy atom. The summed E-state index contributed by atoms with van der Waals surface area (Å²) >= 11 is 0. The molecule has 0 unspecified atom stereocenters. The minimum atomic E-state index is 0.351. The van der Waals surface area contributed by atoms with Gasteiger partial charge in [-0.25, -0.2) is 0 Å². The molecule has 0 radical (unpaired) electrons. The Morgan fingerprint density at radius 2 is 2.06 bits per heavy atom. The second-order valence-electron chi connectivity index (χ2n) is 4.94. The van der Waals surface area contributed by atoms with Gasteiger partial charge in [-0.2, -0.15) is 0 Å². The lowest BCUT2D eigenvalue weighted by Gasteiger charge is -2.22. The minimum Gasteiger partial charge on any atom is -0.508 e. The summed E-state index contributed by atoms with van der Waals surface area (Å²) in [4.78, 5) is 3.28. The molecular weight excluding hydrogens is 212 g/mol. The second-order valence-corrected chi connectivity index (χ2v) is 4.94. The summed E-state index contributed by atoms with van der Waals surface area (Å²) in [7, 11) is 0. The fourth-order valence-corrected chi connectivity index (χ4v) is 2.73. The molecule has 1 fully saturated rings. The number of aromatic nitrogens is 1. The van der Waals surface area contributed by atoms with Crippen molar-refractivity contribution < 1.29 is 5.11 Å². The van der Waals surface area contributed by atoms with Crippen LogP contribution in [-0.4, -0.2) is 23.2 Å². The molecule has 3 heteroatoms. The first-order valence-corrected chi connectivity index (χ1v) is 6.32. The molecule has 2 heterocycles. The summed E-state index contributed by atoms with van der Waals surface area (Å²) in [6.07, 6.45) is 5.72. The van der Waals surface area contributed by atoms with E-state index in [1.165, 1.54) is 23.8 Å². The van der Waals surface area contributed by atoms with Crippen molar-refractivity contribution in [2.24, 2.45) is 5.92 Å². The highest BCUT2D eigenvalue weighted by Gasteiger charge is 2.15. The Hall–Kier alpha value is -1.48. The molecule has 17 heavy (non-hydrogen) atoms. The Morgan fingerprint density at radius 3 is 2.88 bits per heavy atom. The fourth-order valence-electron chi connectivity index (χ4n) is 2.73. The van der Waals surface area contributed by atoms with E-state index < -0.39 is 0 Å². The third-order valence-electron chi connectivity index (χ3n) is 3.72. The Bertz CT molecular complexity index is 512. The van der Waals surface area contributed by atoms with Gasteiger partial charge in [0.25, 0.3) is 0 Å². The molecular formula is C14H18N2O. The predicted molar refractivity (Wildman–Crippen MR) is 69.3 cm³/mol. The van der Waals surface area contributed by atoms with Gasteiger partial charge in [-0.1, -0.05) is 0 Å². The maximum atomic E-state index is 9.56. The van der Waals surface area contributed by atoms with Crippen LogP contribution in [0.3, 0.4) is 0 Å². The molecule has 0 bridgehead atoms. The molecule has 3 rings (SSSR count). The van der Waals surface area contributed by atoms with Crippen LogP contribution in [0.2, 0.25) is 0 Å². The molecule has 0 spiro atoms. The van der Waals surface area contributed by atoms with Crippen LogP contribution in [0.1, 0.15) is 18.4 Å². The first-order chi connectivity index (χ1) is 8.33. The van der Waals surface area contributed by atoms with E-state index >= 15 is 0 Å². The van der Waals surface area contributed by atoms with E-state index in [1.807, 2.05) is 12.1 Å². The second kappa shape index (κ2) is 4.41. The van der Waals surface area contributed by atoms with Crippen LogP contribution in [0.4, 0.5) is 0 Å². The number of hydrogen-bond acceptors (Lipinski definition) is 2. The molecule has 1 aromatic heterocycles. The average Bonchev–Trinajstić information content (AvgIpc) is 2.73. The Labute approximate surface area is 101 Å². The van der Waals surface area contributed by atoms with Crippen LogP contribution in [-0.2, 0) is 6.42 Å². The van der Waals surface area contributed by atoms with Gasteiger partial charge in [-0.15, -0.1) is 0 Å². The molecule has 3 nitrogen and oxygen atoms in total. The van der Waals surface area contributed by atoms with E-state index in [4.69, 9.17) is 0 Å². The number of phenolic OH excluding ortho intramolecular Hbond substituents is 1. The molecule has 2 aromatic rings. The van der Waals surface area contributed by atoms with Crippen molar-refractivity contribution in [2.45, 2.75) is 19.3 Å². The minimum absolute atomic E-state index is 0.351. The van der Waals surface area contributed by atoms with Crippen LogP contribution in [0.5, 0.6) is 5.75 Å². The number of hydrogen-bond donors (Lipinski definition) is 3. The number of aromatic hydroxyl groups is 1. The molecule has 0 atom stereocenters. The van der Waals surface area contributed by atoms with Crippen molar-refractivity contribution in [3.05, 3.63) is 30.0 Å². The number of benzene rings is 1. The van der Waals surface area contributed by atoms with Gasteiger partial charge in [0.1, 0.15) is 5.75 Å². The zero-order valence-corrected chi connectivity index (χ0v) is 9.87. The van der Waals surface area contributed by atoms with Crippen molar-refractivity contribution in [1.29, 1.82) is 0 Å². The Balaban J connectivity index is 1.86. The van der Waals surface area contributed by atoms with Gasteiger partial charge in [-0.05, 0) is 62.0 Å². The number of phenols is 1. The van der Waals surface area contributed by atoms with Gasteiger partial charge in [-0.3, -0.25) is 0 Å². The summed E-state index contributed by atoms with van der Waals surface area (Å²) in [5.41, 5.74) is 2.45. The largest absolute Gasteiger partial charge is 0.508 e. The molecule has 1 saturated heterocycles. The zero-order chi connectivity index (χ0) is 11.7. The van der Waals surface area contributed by atoms with Crippen molar-refractivity contribution >= 4 is 10.9 Å². The lowest BCUT2D eigenvalue weighted by Crippen LogP contribution is -2.28. The van der Waals surface area contributed by atoms with Crippen LogP contribution < -0.4 is 5.32 Å². The number of aromatic amines is 1. The first kappa shape index (κ1) is 10.7. The van der Waals surface area contributed by atoms with Crippen LogP contribution in [0.15, 0.2) is 24.4 Å². The van der Waals surface area contributed by atoms with Gasteiger partial charge >= 0.3 is 0 Å². The molecule has 1 aliphatic heterocycles. The smallest absolute Gasteiger partial charge is 0.116 e. The van der Waals surface area contributed by atoms with Gasteiger partial charge in [0.05, 0.1) is 0 Å². The van der Waals surface area contributed by atoms with Gasteiger partial charge in [0.15, 0.2) is 0 Å². The first-order valence-electron chi connectivity index (χ1n) is 6.32. The highest BCUT2D eigenvalue weighted by Crippen LogP contribution is 2.26. The van der Waals surface area contributed by atoms with E-state index in [9.17, 15) is 5.11 Å². The summed E-state index contributed by atoms with van der Waals surface area (Å²) in [5.74, 6) is 1.13. The number of rotatable bonds is 2. The topological polar surface area (TPSA) is 48.0 Å². The molecule has 0 saturated carbocycles. The van der Waals surface area contributed by atoms with Crippen molar-refractivity contribution in [3.8, 4) is 5.75 Å². The molecule has 0 amide bonds. The highest BCUT2D eigenvalue weighted by molar-refractivity contribution is 5.84. The predicted octanol–water partition coefficient (Wildman–Crippen LogP) is 2.42. The maximum Gasteiger partial charge on any atom is 0.116 e. The van der Waals surface area contributed by atoms with Gasteiger partial charge < -0.3 is 15.4 Å². The van der Waals surface area contributed by atoms with E-state index in [-0.39, 0.29) is 0 Å². The van der Waals surface area contributed by atoms with Crippen LogP contribution >= 0.6 is 0 Å². The average molecular weight is 230 g/mol. The number of H-pyrrole nitrogens is 1. The number of piperidine rings is 1. The van der Waals surface area contributed by atoms with Crippen molar-refractivity contribution in [1.82, 2.24) is 10.3 Å². The van der Waals surface area contributed by atoms with Gasteiger partial charge in [0.2, 0.25) is 0 Å². The van der Waals surface area contributed by atoms with E-state index in [1.54, 1.807) is 6.07 Å². The highest BCUT2D eigenvalue weighted by atomic mass is 16.3. The Kier molecular flexibility index (Phi) is 2.77. The number of fused-ring (bicyclic) bond motifs is 1. The molecule has 90 valence electrons. The SMILES string of the molecule is Oc1ccc2[nH]cc(CC3CCNCC3)c2c1. The van der Waals surface area contributed by atoms with Crippen molar-refractivity contribution in [2.75, 3.05) is 13.1 Å². The standard InChI is InChI=1S/C14H18N2O/c17-12-1-2-14-13(8-12)11(9-16-14)7-10-3-5-15-6-4-10/h1-2,8-10,15-17H,3-7H2. The monoisotopic (exact) mass is 230 g/mol. The fraction of sp³-hybridized carbons (Fsp3) is 0.429. The molecule has 0 aliphatic carbocycles. The molecule has 1 aliphatic rings. The zero-order valence-electron chi connectivity index (χ0n) is 9.87. The lowest BCUT2D eigenvalue weighted by atomic mass is 9.91. The van der Waals surface area contributed by atoms with Crippen LogP contribution in [0.25, 0.3) is 10.9 Å². The molecule has 3 N–H and O–H groups in total. The third kappa shape index (κ3) is 2.15.